The molecule has 2 aliphatic heterocycles. The molecular weight excluding hydrogens is 360 g/mol. The molecule has 0 spiro atoms. The van der Waals surface area contributed by atoms with Gasteiger partial charge in [-0.25, -0.2) is 0 Å². The zero-order valence-electron chi connectivity index (χ0n) is 16.9. The van der Waals surface area contributed by atoms with Gasteiger partial charge in [0, 0.05) is 32.9 Å². The first-order chi connectivity index (χ1) is 13.5. The van der Waals surface area contributed by atoms with E-state index in [1.807, 2.05) is 41.9 Å². The minimum absolute atomic E-state index is 0.00375. The monoisotopic (exact) mass is 392 g/mol. The number of aryl methyl sites for hydroxylation is 1. The first-order valence-electron chi connectivity index (χ1n) is 10.1. The number of nitrogens with zero attached hydrogens (tertiary/aromatic N) is 3. The molecule has 2 amide bonds. The summed E-state index contributed by atoms with van der Waals surface area (Å²) >= 11 is 0. The smallest absolute Gasteiger partial charge is 0.270 e. The summed E-state index contributed by atoms with van der Waals surface area (Å²) in [5.74, 6) is 0.0125. The Labute approximate surface area is 166 Å². The molecule has 2 fully saturated rings. The van der Waals surface area contributed by atoms with Crippen LogP contribution in [0.4, 0.5) is 0 Å². The summed E-state index contributed by atoms with van der Waals surface area (Å²) in [7, 11) is 3.92. The number of aromatic nitrogens is 1. The lowest BCUT2D eigenvalue weighted by Gasteiger charge is -2.53. The molecule has 8 nitrogen and oxygen atoms in total. The van der Waals surface area contributed by atoms with Crippen molar-refractivity contribution in [1.82, 2.24) is 19.7 Å². The number of hydrogen-bond acceptors (Lipinski definition) is 5. The van der Waals surface area contributed by atoms with Crippen molar-refractivity contribution in [2.24, 2.45) is 12.5 Å². The standard InChI is InChI=1S/C20H32N4O4/c1-22-11-7-20(19(27)21-8-13-28-14-12-25)6-4-10-24(17(20)15-22)18(26)16-5-3-9-23(16)2/h3,5,9,17,25H,4,6-8,10-15H2,1-2H3,(H,21,27)/t17-,20+/m0/s1. The van der Waals surface area contributed by atoms with E-state index in [0.717, 1.165) is 25.8 Å². The molecule has 8 heteroatoms. The Morgan fingerprint density at radius 1 is 1.29 bits per heavy atom. The molecule has 2 aliphatic rings. The number of fused-ring (bicyclic) bond motifs is 1. The Balaban J connectivity index is 1.77. The molecule has 1 aromatic heterocycles. The van der Waals surface area contributed by atoms with Gasteiger partial charge in [-0.05, 0) is 45.0 Å². The third-order valence-corrected chi connectivity index (χ3v) is 6.10. The molecule has 28 heavy (non-hydrogen) atoms. The van der Waals surface area contributed by atoms with Gasteiger partial charge in [-0.1, -0.05) is 0 Å². The third kappa shape index (κ3) is 4.09. The fourth-order valence-electron chi connectivity index (χ4n) is 4.56. The first kappa shape index (κ1) is 20.8. The van der Waals surface area contributed by atoms with Crippen molar-refractivity contribution < 1.29 is 19.4 Å². The van der Waals surface area contributed by atoms with Crippen molar-refractivity contribution in [3.63, 3.8) is 0 Å². The lowest BCUT2D eigenvalue weighted by atomic mass is 9.67. The van der Waals surface area contributed by atoms with Crippen LogP contribution in [-0.4, -0.2) is 90.4 Å². The third-order valence-electron chi connectivity index (χ3n) is 6.10. The van der Waals surface area contributed by atoms with E-state index < -0.39 is 5.41 Å². The summed E-state index contributed by atoms with van der Waals surface area (Å²) in [6.45, 7) is 3.25. The number of carbonyl (C=O) groups is 2. The molecule has 0 bridgehead atoms. The van der Waals surface area contributed by atoms with Crippen LogP contribution in [0.5, 0.6) is 0 Å². The summed E-state index contributed by atoms with van der Waals surface area (Å²) in [6, 6.07) is 3.57. The lowest BCUT2D eigenvalue weighted by molar-refractivity contribution is -0.142. The van der Waals surface area contributed by atoms with Gasteiger partial charge in [-0.3, -0.25) is 9.59 Å². The molecule has 2 saturated heterocycles. The molecule has 156 valence electrons. The number of amides is 2. The van der Waals surface area contributed by atoms with E-state index in [2.05, 4.69) is 10.2 Å². The molecule has 3 rings (SSSR count). The molecule has 0 radical (unpaired) electrons. The zero-order chi connectivity index (χ0) is 20.1. The molecule has 0 aromatic carbocycles. The Bertz CT molecular complexity index is 692. The molecule has 0 unspecified atom stereocenters. The zero-order valence-corrected chi connectivity index (χ0v) is 16.9. The van der Waals surface area contributed by atoms with E-state index in [9.17, 15) is 9.59 Å². The maximum Gasteiger partial charge on any atom is 0.270 e. The maximum atomic E-state index is 13.3. The van der Waals surface area contributed by atoms with Crippen LogP contribution in [0.1, 0.15) is 29.8 Å². The van der Waals surface area contributed by atoms with Crippen LogP contribution in [0.2, 0.25) is 0 Å². The second kappa shape index (κ2) is 9.07. The second-order valence-electron chi connectivity index (χ2n) is 7.88. The summed E-state index contributed by atoms with van der Waals surface area (Å²) in [5, 5.41) is 11.8. The lowest BCUT2D eigenvalue weighted by Crippen LogP contribution is -2.66. The Morgan fingerprint density at radius 3 is 2.82 bits per heavy atom. The molecule has 1 aromatic rings. The van der Waals surface area contributed by atoms with Gasteiger partial charge in [-0.2, -0.15) is 0 Å². The maximum absolute atomic E-state index is 13.3. The van der Waals surface area contributed by atoms with Gasteiger partial charge in [0.05, 0.1) is 31.3 Å². The van der Waals surface area contributed by atoms with Crippen LogP contribution in [0, 0.1) is 5.41 Å². The average molecular weight is 393 g/mol. The topological polar surface area (TPSA) is 87.0 Å². The van der Waals surface area contributed by atoms with Crippen LogP contribution in [-0.2, 0) is 16.6 Å². The number of likely N-dealkylation sites (tertiary alicyclic amines) is 2. The van der Waals surface area contributed by atoms with Crippen molar-refractivity contribution >= 4 is 11.8 Å². The fraction of sp³-hybridized carbons (Fsp3) is 0.700. The summed E-state index contributed by atoms with van der Waals surface area (Å²) < 4.78 is 7.09. The minimum atomic E-state index is -0.553. The van der Waals surface area contributed by atoms with Gasteiger partial charge in [0.25, 0.3) is 5.91 Å². The number of aliphatic hydroxyl groups is 1. The molecular formula is C20H32N4O4. The number of rotatable bonds is 7. The number of nitrogens with one attached hydrogen (secondary N) is 1. The highest BCUT2D eigenvalue weighted by Gasteiger charge is 2.53. The number of ether oxygens (including phenoxy) is 1. The van der Waals surface area contributed by atoms with Crippen LogP contribution in [0.15, 0.2) is 18.3 Å². The molecule has 3 heterocycles. The minimum Gasteiger partial charge on any atom is -0.394 e. The Kier molecular flexibility index (Phi) is 6.74. The predicted octanol–water partition coefficient (Wildman–Crippen LogP) is 0.0767. The summed E-state index contributed by atoms with van der Waals surface area (Å²) in [4.78, 5) is 30.6. The first-order valence-corrected chi connectivity index (χ1v) is 10.1. The van der Waals surface area contributed by atoms with Crippen molar-refractivity contribution in [3.8, 4) is 0 Å². The van der Waals surface area contributed by atoms with Crippen molar-refractivity contribution in [1.29, 1.82) is 0 Å². The van der Waals surface area contributed by atoms with Gasteiger partial charge in [0.15, 0.2) is 0 Å². The average Bonchev–Trinajstić information content (AvgIpc) is 3.12. The van der Waals surface area contributed by atoms with Crippen molar-refractivity contribution in [2.45, 2.75) is 25.3 Å². The second-order valence-corrected chi connectivity index (χ2v) is 7.88. The van der Waals surface area contributed by atoms with Gasteiger partial charge in [0.2, 0.25) is 5.91 Å². The number of carbonyl (C=O) groups excluding carboxylic acids is 2. The SMILES string of the molecule is CN1CC[C@]2(C(=O)NCCOCCO)CCCN(C(=O)c3cccn3C)[C@H]2C1. The number of likely N-dealkylation sites (N-methyl/N-ethyl adjacent to an activating group) is 1. The molecule has 2 N–H and O–H groups in total. The van der Waals surface area contributed by atoms with Crippen LogP contribution in [0.3, 0.4) is 0 Å². The van der Waals surface area contributed by atoms with Gasteiger partial charge in [0.1, 0.15) is 5.69 Å². The Hall–Kier alpha value is -1.90. The number of piperidine rings is 2. The number of hydrogen-bond donors (Lipinski definition) is 2. The van der Waals surface area contributed by atoms with Gasteiger partial charge >= 0.3 is 0 Å². The van der Waals surface area contributed by atoms with E-state index >= 15 is 0 Å². The van der Waals surface area contributed by atoms with Crippen LogP contribution >= 0.6 is 0 Å². The van der Waals surface area contributed by atoms with Crippen LogP contribution in [0.25, 0.3) is 0 Å². The molecule has 2 atom stereocenters. The van der Waals surface area contributed by atoms with E-state index in [1.165, 1.54) is 0 Å². The van der Waals surface area contributed by atoms with Gasteiger partial charge in [-0.15, -0.1) is 0 Å². The van der Waals surface area contributed by atoms with E-state index in [4.69, 9.17) is 9.84 Å². The van der Waals surface area contributed by atoms with Gasteiger partial charge < -0.3 is 29.5 Å². The quantitative estimate of drug-likeness (QED) is 0.642. The number of aliphatic hydroxyl groups excluding tert-OH is 1. The normalized spacial score (nSPS) is 25.4. The highest BCUT2D eigenvalue weighted by molar-refractivity contribution is 5.94. The summed E-state index contributed by atoms with van der Waals surface area (Å²) in [6.07, 6.45) is 4.24. The predicted molar refractivity (Wildman–Crippen MR) is 105 cm³/mol. The van der Waals surface area contributed by atoms with Crippen molar-refractivity contribution in [2.75, 3.05) is 53.0 Å². The Morgan fingerprint density at radius 2 is 2.11 bits per heavy atom. The highest BCUT2D eigenvalue weighted by atomic mass is 16.5. The van der Waals surface area contributed by atoms with E-state index in [-0.39, 0.29) is 31.1 Å². The molecule has 0 saturated carbocycles. The largest absolute Gasteiger partial charge is 0.394 e. The van der Waals surface area contributed by atoms with Crippen molar-refractivity contribution in [3.05, 3.63) is 24.0 Å². The summed E-state index contributed by atoms with van der Waals surface area (Å²) in [5.41, 5.74) is 0.101. The van der Waals surface area contributed by atoms with Crippen LogP contribution < -0.4 is 5.32 Å². The van der Waals surface area contributed by atoms with E-state index in [0.29, 0.717) is 31.9 Å². The van der Waals surface area contributed by atoms with E-state index in [1.54, 1.807) is 0 Å². The highest BCUT2D eigenvalue weighted by Crippen LogP contribution is 2.43. The fourth-order valence-corrected chi connectivity index (χ4v) is 4.56. The molecule has 0 aliphatic carbocycles.